The molecule has 1 aliphatic heterocycles. The first kappa shape index (κ1) is 11.4. The summed E-state index contributed by atoms with van der Waals surface area (Å²) in [5, 5.41) is 13.3. The van der Waals surface area contributed by atoms with Crippen LogP contribution in [-0.4, -0.2) is 38.5 Å². The molecule has 16 heavy (non-hydrogen) atoms. The molecule has 0 aliphatic carbocycles. The second-order valence-corrected chi connectivity index (χ2v) is 3.97. The smallest absolute Gasteiger partial charge is 0.125 e. The van der Waals surface area contributed by atoms with E-state index in [0.717, 1.165) is 11.3 Å². The molecule has 2 N–H and O–H groups in total. The normalized spacial score (nSPS) is 17.9. The van der Waals surface area contributed by atoms with Crippen LogP contribution < -0.4 is 10.1 Å². The molecule has 1 aliphatic rings. The number of hydrogen-bond donors (Lipinski definition) is 2. The monoisotopic (exact) mass is 223 g/mol. The molecule has 0 amide bonds. The van der Waals surface area contributed by atoms with Crippen molar-refractivity contribution in [1.29, 1.82) is 0 Å². The first-order chi connectivity index (χ1) is 7.76. The molecular weight excluding hydrogens is 206 g/mol. The van der Waals surface area contributed by atoms with Gasteiger partial charge in [-0.1, -0.05) is 18.2 Å². The van der Waals surface area contributed by atoms with Gasteiger partial charge in [-0.25, -0.2) is 0 Å². The van der Waals surface area contributed by atoms with Crippen LogP contribution in [0.3, 0.4) is 0 Å². The fourth-order valence-electron chi connectivity index (χ4n) is 1.76. The Hall–Kier alpha value is -1.10. The van der Waals surface area contributed by atoms with Crippen molar-refractivity contribution >= 4 is 0 Å². The van der Waals surface area contributed by atoms with E-state index < -0.39 is 5.60 Å². The molecule has 0 unspecified atom stereocenters. The van der Waals surface area contributed by atoms with Crippen LogP contribution in [-0.2, 0) is 10.3 Å². The Morgan fingerprint density at radius 1 is 1.31 bits per heavy atom. The minimum absolute atomic E-state index is 0.497. The van der Waals surface area contributed by atoms with E-state index in [1.54, 1.807) is 7.11 Å². The minimum Gasteiger partial charge on any atom is -0.491 e. The first-order valence-corrected chi connectivity index (χ1v) is 5.40. The summed E-state index contributed by atoms with van der Waals surface area (Å²) in [6.45, 7) is 2.21. The van der Waals surface area contributed by atoms with Gasteiger partial charge in [-0.15, -0.1) is 0 Å². The largest absolute Gasteiger partial charge is 0.491 e. The van der Waals surface area contributed by atoms with E-state index in [2.05, 4.69) is 5.32 Å². The number of methoxy groups -OCH3 is 1. The van der Waals surface area contributed by atoms with Gasteiger partial charge in [-0.2, -0.15) is 0 Å². The van der Waals surface area contributed by atoms with Crippen molar-refractivity contribution in [1.82, 2.24) is 5.32 Å². The average molecular weight is 223 g/mol. The number of rotatable bonds is 5. The van der Waals surface area contributed by atoms with Crippen molar-refractivity contribution in [2.75, 3.05) is 33.4 Å². The van der Waals surface area contributed by atoms with E-state index >= 15 is 0 Å². The van der Waals surface area contributed by atoms with Gasteiger partial charge in [0.05, 0.1) is 6.61 Å². The highest BCUT2D eigenvalue weighted by atomic mass is 16.5. The summed E-state index contributed by atoms with van der Waals surface area (Å²) in [5.74, 6) is 0.739. The third kappa shape index (κ3) is 2.19. The molecule has 88 valence electrons. The van der Waals surface area contributed by atoms with Gasteiger partial charge in [-0.05, 0) is 6.07 Å². The van der Waals surface area contributed by atoms with Crippen LogP contribution in [0.2, 0.25) is 0 Å². The number of β-amino-alcohol motifs (C(OH)–C–C–N with tert-alkyl or cyclic N) is 1. The number of para-hydroxylation sites is 1. The van der Waals surface area contributed by atoms with Crippen LogP contribution in [0.1, 0.15) is 5.56 Å². The third-order valence-corrected chi connectivity index (χ3v) is 2.77. The van der Waals surface area contributed by atoms with Crippen LogP contribution in [0, 0.1) is 0 Å². The zero-order valence-corrected chi connectivity index (χ0v) is 9.40. The van der Waals surface area contributed by atoms with E-state index in [1.165, 1.54) is 0 Å². The van der Waals surface area contributed by atoms with Crippen molar-refractivity contribution < 1.29 is 14.6 Å². The van der Waals surface area contributed by atoms with Crippen molar-refractivity contribution in [2.24, 2.45) is 0 Å². The van der Waals surface area contributed by atoms with Gasteiger partial charge in [0.25, 0.3) is 0 Å². The Balaban J connectivity index is 2.11. The number of aliphatic hydroxyl groups is 1. The molecule has 1 aromatic rings. The topological polar surface area (TPSA) is 50.7 Å². The highest BCUT2D eigenvalue weighted by Crippen LogP contribution is 2.32. The quantitative estimate of drug-likeness (QED) is 0.714. The molecule has 4 nitrogen and oxygen atoms in total. The summed E-state index contributed by atoms with van der Waals surface area (Å²) in [4.78, 5) is 0. The number of hydrogen-bond acceptors (Lipinski definition) is 4. The van der Waals surface area contributed by atoms with Crippen LogP contribution >= 0.6 is 0 Å². The van der Waals surface area contributed by atoms with Crippen molar-refractivity contribution in [3.8, 4) is 5.75 Å². The molecule has 1 heterocycles. The molecule has 2 rings (SSSR count). The van der Waals surface area contributed by atoms with Gasteiger partial charge >= 0.3 is 0 Å². The summed E-state index contributed by atoms with van der Waals surface area (Å²) in [5.41, 5.74) is 0.0776. The zero-order chi connectivity index (χ0) is 11.4. The Bertz CT molecular complexity index is 350. The summed E-state index contributed by atoms with van der Waals surface area (Å²) in [6.07, 6.45) is 0. The van der Waals surface area contributed by atoms with Crippen molar-refractivity contribution in [3.05, 3.63) is 29.8 Å². The van der Waals surface area contributed by atoms with Gasteiger partial charge in [0, 0.05) is 25.8 Å². The number of benzene rings is 1. The second-order valence-electron chi connectivity index (χ2n) is 3.97. The fourth-order valence-corrected chi connectivity index (χ4v) is 1.76. The highest BCUT2D eigenvalue weighted by Gasteiger charge is 2.38. The van der Waals surface area contributed by atoms with E-state index in [1.807, 2.05) is 24.3 Å². The van der Waals surface area contributed by atoms with Crippen LogP contribution in [0.4, 0.5) is 0 Å². The average Bonchev–Trinajstić information content (AvgIpc) is 2.27. The molecule has 0 aromatic heterocycles. The summed E-state index contributed by atoms with van der Waals surface area (Å²) in [6, 6.07) is 7.60. The lowest BCUT2D eigenvalue weighted by Gasteiger charge is -2.38. The predicted octanol–water partition coefficient (Wildman–Crippen LogP) is 0.503. The zero-order valence-electron chi connectivity index (χ0n) is 9.40. The lowest BCUT2D eigenvalue weighted by atomic mass is 9.87. The fraction of sp³-hybridized carbons (Fsp3) is 0.500. The Morgan fingerprint density at radius 3 is 2.69 bits per heavy atom. The molecule has 0 bridgehead atoms. The standard InChI is InChI=1S/C12H17NO3/c1-15-6-7-16-11-5-3-2-4-10(11)12(14)8-13-9-12/h2-5,13-14H,6-9H2,1H3. The lowest BCUT2D eigenvalue weighted by Crippen LogP contribution is -2.56. The molecule has 0 atom stereocenters. The first-order valence-electron chi connectivity index (χ1n) is 5.40. The predicted molar refractivity (Wildman–Crippen MR) is 60.6 cm³/mol. The maximum absolute atomic E-state index is 10.2. The number of ether oxygens (including phenoxy) is 2. The second kappa shape index (κ2) is 4.82. The van der Waals surface area contributed by atoms with E-state index in [9.17, 15) is 5.11 Å². The van der Waals surface area contributed by atoms with Gasteiger partial charge in [0.1, 0.15) is 18.0 Å². The Morgan fingerprint density at radius 2 is 2.06 bits per heavy atom. The van der Waals surface area contributed by atoms with Gasteiger partial charge < -0.3 is 19.9 Å². The summed E-state index contributed by atoms with van der Waals surface area (Å²) >= 11 is 0. The SMILES string of the molecule is COCCOc1ccccc1C1(O)CNC1. The van der Waals surface area contributed by atoms with E-state index in [4.69, 9.17) is 9.47 Å². The minimum atomic E-state index is -0.774. The van der Waals surface area contributed by atoms with Gasteiger partial charge in [-0.3, -0.25) is 0 Å². The molecule has 1 aromatic carbocycles. The molecule has 1 saturated heterocycles. The van der Waals surface area contributed by atoms with Crippen LogP contribution in [0.5, 0.6) is 5.75 Å². The summed E-state index contributed by atoms with van der Waals surface area (Å²) < 4.78 is 10.5. The molecule has 0 radical (unpaired) electrons. The Kier molecular flexibility index (Phi) is 3.43. The maximum Gasteiger partial charge on any atom is 0.125 e. The van der Waals surface area contributed by atoms with Gasteiger partial charge in [0.2, 0.25) is 0 Å². The Labute approximate surface area is 95.2 Å². The molecule has 1 fully saturated rings. The van der Waals surface area contributed by atoms with Gasteiger partial charge in [0.15, 0.2) is 0 Å². The maximum atomic E-state index is 10.2. The molecule has 4 heteroatoms. The van der Waals surface area contributed by atoms with E-state index in [-0.39, 0.29) is 0 Å². The van der Waals surface area contributed by atoms with Crippen molar-refractivity contribution in [3.63, 3.8) is 0 Å². The van der Waals surface area contributed by atoms with Crippen molar-refractivity contribution in [2.45, 2.75) is 5.60 Å². The molecule has 0 saturated carbocycles. The molecular formula is C12H17NO3. The van der Waals surface area contributed by atoms with Crippen LogP contribution in [0.15, 0.2) is 24.3 Å². The lowest BCUT2D eigenvalue weighted by molar-refractivity contribution is -0.0172. The molecule has 0 spiro atoms. The summed E-state index contributed by atoms with van der Waals surface area (Å²) in [7, 11) is 1.64. The number of nitrogens with one attached hydrogen (secondary N) is 1. The van der Waals surface area contributed by atoms with E-state index in [0.29, 0.717) is 26.3 Å². The third-order valence-electron chi connectivity index (χ3n) is 2.77. The van der Waals surface area contributed by atoms with Crippen LogP contribution in [0.25, 0.3) is 0 Å². The highest BCUT2D eigenvalue weighted by molar-refractivity contribution is 5.40.